The second-order valence-electron chi connectivity index (χ2n) is 1.94. The lowest BCUT2D eigenvalue weighted by Gasteiger charge is -1.90. The van der Waals surface area contributed by atoms with Gasteiger partial charge in [-0.2, -0.15) is 4.98 Å². The molecule has 0 aliphatic carbocycles. The van der Waals surface area contributed by atoms with Gasteiger partial charge in [-0.1, -0.05) is 0 Å². The smallest absolute Gasteiger partial charge is 0.377 e. The van der Waals surface area contributed by atoms with Crippen LogP contribution >= 0.6 is 0 Å². The van der Waals surface area contributed by atoms with Crippen molar-refractivity contribution < 1.29 is 19.5 Å². The first-order valence-electron chi connectivity index (χ1n) is 2.86. The van der Waals surface area contributed by atoms with Gasteiger partial charge in [0.05, 0.1) is 0 Å². The standard InChI is InChI=1S/C5H6N2O4/c1-2(8)4-6-3(5(9)10)7-11-4/h2,8H,1H3,(H,9,10)/t2-/m0/s1. The predicted molar refractivity (Wildman–Crippen MR) is 31.9 cm³/mol. The zero-order valence-electron chi connectivity index (χ0n) is 5.68. The van der Waals surface area contributed by atoms with Gasteiger partial charge < -0.3 is 14.7 Å². The van der Waals surface area contributed by atoms with Crippen LogP contribution < -0.4 is 0 Å². The molecule has 1 aromatic rings. The van der Waals surface area contributed by atoms with Gasteiger partial charge in [-0.3, -0.25) is 0 Å². The van der Waals surface area contributed by atoms with Crippen molar-refractivity contribution in [3.05, 3.63) is 11.7 Å². The average Bonchev–Trinajstić information content (AvgIpc) is 2.33. The van der Waals surface area contributed by atoms with E-state index in [9.17, 15) is 4.79 Å². The Morgan fingerprint density at radius 1 is 1.73 bits per heavy atom. The summed E-state index contributed by atoms with van der Waals surface area (Å²) in [6.07, 6.45) is -0.935. The molecule has 60 valence electrons. The molecule has 1 heterocycles. The lowest BCUT2D eigenvalue weighted by molar-refractivity contribution is 0.0680. The second kappa shape index (κ2) is 2.67. The molecule has 0 aromatic carbocycles. The maximum atomic E-state index is 10.2. The first-order chi connectivity index (χ1) is 5.11. The fourth-order valence-corrected chi connectivity index (χ4v) is 0.492. The molecule has 0 aliphatic heterocycles. The molecule has 6 nitrogen and oxygen atoms in total. The largest absolute Gasteiger partial charge is 0.475 e. The highest BCUT2D eigenvalue weighted by atomic mass is 16.5. The number of aromatic carboxylic acids is 1. The van der Waals surface area contributed by atoms with Gasteiger partial charge in [0, 0.05) is 0 Å². The monoisotopic (exact) mass is 158 g/mol. The molecule has 1 rings (SSSR count). The van der Waals surface area contributed by atoms with Crippen LogP contribution in [0.2, 0.25) is 0 Å². The van der Waals surface area contributed by atoms with Crippen molar-refractivity contribution in [3.8, 4) is 0 Å². The number of aromatic nitrogens is 2. The SMILES string of the molecule is C[C@H](O)c1nc(C(=O)O)no1. The number of carboxylic acids is 1. The van der Waals surface area contributed by atoms with E-state index in [4.69, 9.17) is 10.2 Å². The van der Waals surface area contributed by atoms with Crippen LogP contribution in [-0.2, 0) is 0 Å². The summed E-state index contributed by atoms with van der Waals surface area (Å²) in [4.78, 5) is 13.6. The van der Waals surface area contributed by atoms with Crippen LogP contribution in [0.15, 0.2) is 4.52 Å². The molecular weight excluding hydrogens is 152 g/mol. The molecule has 0 fully saturated rings. The number of hydrogen-bond acceptors (Lipinski definition) is 5. The molecular formula is C5H6N2O4. The minimum atomic E-state index is -1.28. The van der Waals surface area contributed by atoms with Crippen LogP contribution in [-0.4, -0.2) is 26.3 Å². The number of nitrogens with zero attached hydrogens (tertiary/aromatic N) is 2. The van der Waals surface area contributed by atoms with Gasteiger partial charge >= 0.3 is 5.97 Å². The third kappa shape index (κ3) is 1.53. The van der Waals surface area contributed by atoms with E-state index in [2.05, 4.69) is 14.7 Å². The van der Waals surface area contributed by atoms with Crippen molar-refractivity contribution in [2.75, 3.05) is 0 Å². The first kappa shape index (κ1) is 7.67. The Morgan fingerprint density at radius 3 is 2.64 bits per heavy atom. The van der Waals surface area contributed by atoms with E-state index in [1.165, 1.54) is 6.92 Å². The van der Waals surface area contributed by atoms with Gasteiger partial charge in [-0.05, 0) is 12.1 Å². The zero-order valence-corrected chi connectivity index (χ0v) is 5.68. The Labute approximate surface area is 61.5 Å². The first-order valence-corrected chi connectivity index (χ1v) is 2.86. The van der Waals surface area contributed by atoms with Gasteiger partial charge in [0.15, 0.2) is 0 Å². The molecule has 0 spiro atoms. The van der Waals surface area contributed by atoms with Crippen molar-refractivity contribution in [3.63, 3.8) is 0 Å². The summed E-state index contributed by atoms with van der Waals surface area (Å²) in [5, 5.41) is 20.2. The minimum absolute atomic E-state index is 0.0950. The molecule has 1 atom stereocenters. The summed E-state index contributed by atoms with van der Waals surface area (Å²) in [7, 11) is 0. The number of carbonyl (C=O) groups is 1. The van der Waals surface area contributed by atoms with Crippen molar-refractivity contribution in [2.45, 2.75) is 13.0 Å². The lowest BCUT2D eigenvalue weighted by Crippen LogP contribution is -1.99. The Balaban J connectivity index is 2.90. The topological polar surface area (TPSA) is 96.5 Å². The quantitative estimate of drug-likeness (QED) is 0.619. The normalized spacial score (nSPS) is 12.9. The van der Waals surface area contributed by atoms with Crippen LogP contribution in [0, 0.1) is 0 Å². The third-order valence-electron chi connectivity index (χ3n) is 0.990. The van der Waals surface area contributed by atoms with Gasteiger partial charge in [0.25, 0.3) is 11.7 Å². The van der Waals surface area contributed by atoms with E-state index in [0.29, 0.717) is 0 Å². The summed E-state index contributed by atoms with van der Waals surface area (Å²) in [6.45, 7) is 1.40. The molecule has 6 heteroatoms. The molecule has 1 aromatic heterocycles. The van der Waals surface area contributed by atoms with E-state index in [1.807, 2.05) is 0 Å². The van der Waals surface area contributed by atoms with Crippen molar-refractivity contribution in [1.82, 2.24) is 10.1 Å². The summed E-state index contributed by atoms with van der Waals surface area (Å²) in [5.41, 5.74) is 0. The van der Waals surface area contributed by atoms with Crippen LogP contribution in [0.25, 0.3) is 0 Å². The molecule has 0 aliphatic rings. The number of aliphatic hydroxyl groups excluding tert-OH is 1. The van der Waals surface area contributed by atoms with Gasteiger partial charge in [-0.25, -0.2) is 4.79 Å². The van der Waals surface area contributed by atoms with Crippen molar-refractivity contribution >= 4 is 5.97 Å². The Kier molecular flexibility index (Phi) is 1.86. The molecule has 0 saturated heterocycles. The van der Waals surface area contributed by atoms with E-state index in [1.54, 1.807) is 0 Å². The summed E-state index contributed by atoms with van der Waals surface area (Å²) in [5.74, 6) is -1.82. The highest BCUT2D eigenvalue weighted by molar-refractivity contribution is 5.82. The van der Waals surface area contributed by atoms with Crippen LogP contribution in [0.3, 0.4) is 0 Å². The van der Waals surface area contributed by atoms with Gasteiger partial charge in [-0.15, -0.1) is 0 Å². The van der Waals surface area contributed by atoms with Gasteiger partial charge in [0.1, 0.15) is 6.10 Å². The molecule has 0 saturated carbocycles. The van der Waals surface area contributed by atoms with Crippen LogP contribution in [0.5, 0.6) is 0 Å². The third-order valence-corrected chi connectivity index (χ3v) is 0.990. The molecule has 0 unspecified atom stereocenters. The molecule has 0 radical (unpaired) electrons. The number of aliphatic hydroxyl groups is 1. The van der Waals surface area contributed by atoms with Crippen molar-refractivity contribution in [1.29, 1.82) is 0 Å². The molecule has 11 heavy (non-hydrogen) atoms. The molecule has 0 bridgehead atoms. The Morgan fingerprint density at radius 2 is 2.36 bits per heavy atom. The van der Waals surface area contributed by atoms with Crippen LogP contribution in [0.4, 0.5) is 0 Å². The van der Waals surface area contributed by atoms with E-state index in [-0.39, 0.29) is 5.89 Å². The van der Waals surface area contributed by atoms with Crippen LogP contribution in [0.1, 0.15) is 29.5 Å². The minimum Gasteiger partial charge on any atom is -0.475 e. The number of hydrogen-bond donors (Lipinski definition) is 2. The number of rotatable bonds is 2. The van der Waals surface area contributed by atoms with Gasteiger partial charge in [0.2, 0.25) is 0 Å². The fraction of sp³-hybridized carbons (Fsp3) is 0.400. The zero-order chi connectivity index (χ0) is 8.43. The number of carboxylic acid groups (broad SMARTS) is 1. The summed E-state index contributed by atoms with van der Waals surface area (Å²) < 4.78 is 4.40. The van der Waals surface area contributed by atoms with Crippen molar-refractivity contribution in [2.24, 2.45) is 0 Å². The fourth-order valence-electron chi connectivity index (χ4n) is 0.492. The van der Waals surface area contributed by atoms with E-state index < -0.39 is 17.9 Å². The predicted octanol–water partition coefficient (Wildman–Crippen LogP) is -0.179. The lowest BCUT2D eigenvalue weighted by atomic mass is 10.4. The molecule has 2 N–H and O–H groups in total. The second-order valence-corrected chi connectivity index (χ2v) is 1.94. The van der Waals surface area contributed by atoms with E-state index in [0.717, 1.165) is 0 Å². The Hall–Kier alpha value is -1.43. The maximum Gasteiger partial charge on any atom is 0.377 e. The highest BCUT2D eigenvalue weighted by Gasteiger charge is 2.15. The van der Waals surface area contributed by atoms with E-state index >= 15 is 0 Å². The maximum absolute atomic E-state index is 10.2. The Bertz CT molecular complexity index is 267. The molecule has 0 amide bonds. The summed E-state index contributed by atoms with van der Waals surface area (Å²) >= 11 is 0. The average molecular weight is 158 g/mol. The summed E-state index contributed by atoms with van der Waals surface area (Å²) in [6, 6.07) is 0. The highest BCUT2D eigenvalue weighted by Crippen LogP contribution is 2.07.